The minimum Gasteiger partial charge on any atom is -0.494 e. The Morgan fingerprint density at radius 2 is 1.95 bits per heavy atom. The Labute approximate surface area is 131 Å². The topological polar surface area (TPSA) is 9.23 Å². The van der Waals surface area contributed by atoms with Crippen LogP contribution in [0.25, 0.3) is 0 Å². The van der Waals surface area contributed by atoms with Gasteiger partial charge in [0, 0.05) is 15.6 Å². The lowest BCUT2D eigenvalue weighted by molar-refractivity contribution is 0.336. The Morgan fingerprint density at radius 1 is 1.20 bits per heavy atom. The normalized spacial score (nSPS) is 12.2. The van der Waals surface area contributed by atoms with E-state index in [9.17, 15) is 4.39 Å². The molecule has 0 bridgehead atoms. The van der Waals surface area contributed by atoms with Crippen molar-refractivity contribution in [2.24, 2.45) is 0 Å². The van der Waals surface area contributed by atoms with Crippen LogP contribution in [0.4, 0.5) is 4.39 Å². The van der Waals surface area contributed by atoms with Crippen LogP contribution in [0.2, 0.25) is 0 Å². The first-order valence-electron chi connectivity index (χ1n) is 6.35. The zero-order valence-electron chi connectivity index (χ0n) is 11.3. The van der Waals surface area contributed by atoms with E-state index in [4.69, 9.17) is 16.3 Å². The van der Waals surface area contributed by atoms with E-state index in [0.717, 1.165) is 11.1 Å². The summed E-state index contributed by atoms with van der Waals surface area (Å²) in [6.07, 6.45) is 0. The van der Waals surface area contributed by atoms with Crippen LogP contribution in [-0.4, -0.2) is 6.61 Å². The first-order chi connectivity index (χ1) is 9.52. The van der Waals surface area contributed by atoms with Gasteiger partial charge in [0.25, 0.3) is 0 Å². The summed E-state index contributed by atoms with van der Waals surface area (Å²) in [7, 11) is 0. The molecule has 0 amide bonds. The number of aryl methyl sites for hydroxylation is 1. The minimum absolute atomic E-state index is 0.330. The zero-order chi connectivity index (χ0) is 14.7. The van der Waals surface area contributed by atoms with Crippen molar-refractivity contribution in [3.05, 3.63) is 63.4 Å². The predicted molar refractivity (Wildman–Crippen MR) is 84.1 cm³/mol. The van der Waals surface area contributed by atoms with Crippen molar-refractivity contribution in [2.75, 3.05) is 6.61 Å². The van der Waals surface area contributed by atoms with Gasteiger partial charge in [0.2, 0.25) is 0 Å². The second kappa shape index (κ2) is 6.59. The molecule has 0 fully saturated rings. The van der Waals surface area contributed by atoms with Crippen LogP contribution in [0.15, 0.2) is 40.9 Å². The standard InChI is InChI=1S/C16H15BrClFO/c1-3-20-15-7-4-10(2)8-13(15)16(18)12-6-5-11(17)9-14(12)19/h4-9,16H,3H2,1-2H3. The molecular weight excluding hydrogens is 343 g/mol. The molecule has 0 aliphatic carbocycles. The van der Waals surface area contributed by atoms with Crippen LogP contribution in [0.3, 0.4) is 0 Å². The highest BCUT2D eigenvalue weighted by Crippen LogP contribution is 2.37. The molecule has 4 heteroatoms. The third kappa shape index (κ3) is 3.33. The van der Waals surface area contributed by atoms with Crippen molar-refractivity contribution in [1.29, 1.82) is 0 Å². The number of hydrogen-bond donors (Lipinski definition) is 0. The molecule has 0 aliphatic heterocycles. The van der Waals surface area contributed by atoms with Gasteiger partial charge >= 0.3 is 0 Å². The van der Waals surface area contributed by atoms with Crippen LogP contribution < -0.4 is 4.74 Å². The highest BCUT2D eigenvalue weighted by atomic mass is 79.9. The second-order valence-corrected chi connectivity index (χ2v) is 5.85. The molecule has 0 radical (unpaired) electrons. The Kier molecular flexibility index (Phi) is 5.06. The molecule has 1 nitrogen and oxygen atoms in total. The van der Waals surface area contributed by atoms with E-state index >= 15 is 0 Å². The van der Waals surface area contributed by atoms with Gasteiger partial charge in [-0.1, -0.05) is 39.7 Å². The fourth-order valence-electron chi connectivity index (χ4n) is 2.03. The van der Waals surface area contributed by atoms with Crippen molar-refractivity contribution in [3.8, 4) is 5.75 Å². The molecule has 0 saturated heterocycles. The smallest absolute Gasteiger partial charge is 0.129 e. The molecule has 0 N–H and O–H groups in total. The van der Waals surface area contributed by atoms with Gasteiger partial charge < -0.3 is 4.74 Å². The molecule has 0 aromatic heterocycles. The number of alkyl halides is 1. The summed E-state index contributed by atoms with van der Waals surface area (Å²) < 4.78 is 20.3. The highest BCUT2D eigenvalue weighted by molar-refractivity contribution is 9.10. The van der Waals surface area contributed by atoms with Crippen LogP contribution in [0.5, 0.6) is 5.75 Å². The van der Waals surface area contributed by atoms with Gasteiger partial charge in [-0.25, -0.2) is 4.39 Å². The van der Waals surface area contributed by atoms with Gasteiger partial charge in [-0.3, -0.25) is 0 Å². The molecule has 0 heterocycles. The molecular formula is C16H15BrClFO. The summed E-state index contributed by atoms with van der Waals surface area (Å²) >= 11 is 9.71. The van der Waals surface area contributed by atoms with Crippen molar-refractivity contribution in [1.82, 2.24) is 0 Å². The summed E-state index contributed by atoms with van der Waals surface area (Å²) in [4.78, 5) is 0. The molecule has 2 rings (SSSR count). The van der Waals surface area contributed by atoms with Crippen LogP contribution in [0, 0.1) is 12.7 Å². The Hall–Kier alpha value is -1.06. The van der Waals surface area contributed by atoms with Gasteiger partial charge in [0.05, 0.1) is 12.0 Å². The molecule has 2 aromatic rings. The third-order valence-electron chi connectivity index (χ3n) is 2.97. The molecule has 1 atom stereocenters. The molecule has 20 heavy (non-hydrogen) atoms. The number of halogens is 3. The predicted octanol–water partition coefficient (Wildman–Crippen LogP) is 5.62. The average Bonchev–Trinajstić information content (AvgIpc) is 2.40. The minimum atomic E-state index is -0.579. The van der Waals surface area contributed by atoms with E-state index in [-0.39, 0.29) is 5.82 Å². The van der Waals surface area contributed by atoms with E-state index in [1.807, 2.05) is 32.0 Å². The fourth-order valence-corrected chi connectivity index (χ4v) is 2.71. The second-order valence-electron chi connectivity index (χ2n) is 4.50. The summed E-state index contributed by atoms with van der Waals surface area (Å²) in [5, 5.41) is -0.579. The van der Waals surface area contributed by atoms with Crippen molar-refractivity contribution in [3.63, 3.8) is 0 Å². The maximum absolute atomic E-state index is 14.0. The van der Waals surface area contributed by atoms with Crippen molar-refractivity contribution >= 4 is 27.5 Å². The highest BCUT2D eigenvalue weighted by Gasteiger charge is 2.19. The van der Waals surface area contributed by atoms with Crippen LogP contribution in [0.1, 0.15) is 29.0 Å². The van der Waals surface area contributed by atoms with E-state index in [2.05, 4.69) is 15.9 Å². The van der Waals surface area contributed by atoms with Crippen LogP contribution >= 0.6 is 27.5 Å². The number of rotatable bonds is 4. The molecule has 106 valence electrons. The first kappa shape index (κ1) is 15.3. The van der Waals surface area contributed by atoms with Gasteiger partial charge in [-0.15, -0.1) is 11.6 Å². The van der Waals surface area contributed by atoms with Gasteiger partial charge in [-0.05, 0) is 32.0 Å². The maximum Gasteiger partial charge on any atom is 0.129 e. The number of benzene rings is 2. The third-order valence-corrected chi connectivity index (χ3v) is 3.94. The molecule has 0 aliphatic rings. The summed E-state index contributed by atoms with van der Waals surface area (Å²) in [6.45, 7) is 4.43. The lowest BCUT2D eigenvalue weighted by Crippen LogP contribution is -2.02. The van der Waals surface area contributed by atoms with Crippen molar-refractivity contribution < 1.29 is 9.13 Å². The lowest BCUT2D eigenvalue weighted by Gasteiger charge is -2.17. The average molecular weight is 358 g/mol. The zero-order valence-corrected chi connectivity index (χ0v) is 13.6. The van der Waals surface area contributed by atoms with Crippen LogP contribution in [-0.2, 0) is 0 Å². The quantitative estimate of drug-likeness (QED) is 0.645. The molecule has 0 saturated carbocycles. The number of ether oxygens (including phenoxy) is 1. The first-order valence-corrected chi connectivity index (χ1v) is 7.58. The summed E-state index contributed by atoms with van der Waals surface area (Å²) in [5.74, 6) is 0.365. The van der Waals surface area contributed by atoms with Crippen molar-refractivity contribution in [2.45, 2.75) is 19.2 Å². The summed E-state index contributed by atoms with van der Waals surface area (Å²) in [5.41, 5.74) is 2.29. The molecule has 2 aromatic carbocycles. The Balaban J connectivity index is 2.46. The SMILES string of the molecule is CCOc1ccc(C)cc1C(Cl)c1ccc(Br)cc1F. The fraction of sp³-hybridized carbons (Fsp3) is 0.250. The van der Waals surface area contributed by atoms with E-state index in [1.165, 1.54) is 6.07 Å². The van der Waals surface area contributed by atoms with E-state index < -0.39 is 5.38 Å². The monoisotopic (exact) mass is 356 g/mol. The van der Waals surface area contributed by atoms with E-state index in [1.54, 1.807) is 12.1 Å². The number of hydrogen-bond acceptors (Lipinski definition) is 1. The Morgan fingerprint density at radius 3 is 2.60 bits per heavy atom. The van der Waals surface area contributed by atoms with E-state index in [0.29, 0.717) is 22.4 Å². The van der Waals surface area contributed by atoms with Gasteiger partial charge in [0.1, 0.15) is 11.6 Å². The maximum atomic E-state index is 14.0. The molecule has 0 spiro atoms. The van der Waals surface area contributed by atoms with Gasteiger partial charge in [-0.2, -0.15) is 0 Å². The summed E-state index contributed by atoms with van der Waals surface area (Å²) in [6, 6.07) is 10.7. The largest absolute Gasteiger partial charge is 0.494 e. The molecule has 1 unspecified atom stereocenters. The Bertz CT molecular complexity index is 615. The van der Waals surface area contributed by atoms with Gasteiger partial charge in [0.15, 0.2) is 0 Å². The lowest BCUT2D eigenvalue weighted by atomic mass is 10.0.